The smallest absolute Gasteiger partial charge is 0.277 e. The lowest BCUT2D eigenvalue weighted by molar-refractivity contribution is 0.847. The van der Waals surface area contributed by atoms with Crippen molar-refractivity contribution >= 4 is 22.7 Å². The first-order valence-electron chi connectivity index (χ1n) is 4.30. The van der Waals surface area contributed by atoms with Crippen LogP contribution in [0.1, 0.15) is 0 Å². The van der Waals surface area contributed by atoms with Gasteiger partial charge in [-0.3, -0.25) is 14.7 Å². The third-order valence-corrected chi connectivity index (χ3v) is 2.18. The van der Waals surface area contributed by atoms with Gasteiger partial charge < -0.3 is 5.73 Å². The second-order valence-electron chi connectivity index (χ2n) is 3.07. The number of hydrogen-bond donors (Lipinski definition) is 2. The first-order valence-corrected chi connectivity index (χ1v) is 4.30. The number of nitrogens with two attached hydrogens (primary N) is 1. The van der Waals surface area contributed by atoms with Crippen molar-refractivity contribution in [3.8, 4) is 0 Å². The summed E-state index contributed by atoms with van der Waals surface area (Å²) in [5.41, 5.74) is 5.18. The Labute approximate surface area is 84.4 Å². The molecule has 0 atom stereocenters. The standard InChI is InChI=1S/C10H9N3O2/c1-2-13-10(15)6-4-3-5-7(11)8(6)9(14)12-13/h2-5H,1,11H2,(H,12,14). The van der Waals surface area contributed by atoms with E-state index in [1.165, 1.54) is 6.20 Å². The number of H-pyrrole nitrogens is 1. The van der Waals surface area contributed by atoms with Crippen molar-refractivity contribution in [2.45, 2.75) is 0 Å². The van der Waals surface area contributed by atoms with E-state index in [1.807, 2.05) is 0 Å². The highest BCUT2D eigenvalue weighted by molar-refractivity contribution is 5.91. The maximum Gasteiger partial charge on any atom is 0.277 e. The van der Waals surface area contributed by atoms with Gasteiger partial charge in [-0.1, -0.05) is 12.6 Å². The Morgan fingerprint density at radius 2 is 2.13 bits per heavy atom. The molecule has 0 amide bonds. The van der Waals surface area contributed by atoms with Crippen LogP contribution in [0.2, 0.25) is 0 Å². The van der Waals surface area contributed by atoms with Crippen LogP contribution in [0, 0.1) is 0 Å². The van der Waals surface area contributed by atoms with Gasteiger partial charge in [-0.2, -0.15) is 0 Å². The van der Waals surface area contributed by atoms with Gasteiger partial charge in [-0.25, -0.2) is 4.68 Å². The van der Waals surface area contributed by atoms with E-state index in [0.717, 1.165) is 4.68 Å². The number of anilines is 1. The Morgan fingerprint density at radius 1 is 1.40 bits per heavy atom. The van der Waals surface area contributed by atoms with E-state index in [0.29, 0.717) is 11.1 Å². The van der Waals surface area contributed by atoms with E-state index in [1.54, 1.807) is 18.2 Å². The molecule has 0 saturated carbocycles. The quantitative estimate of drug-likeness (QED) is 0.657. The zero-order valence-corrected chi connectivity index (χ0v) is 7.86. The highest BCUT2D eigenvalue weighted by atomic mass is 16.2. The predicted octanol–water partition coefficient (Wildman–Crippen LogP) is 0.373. The maximum absolute atomic E-state index is 11.7. The molecule has 1 aromatic heterocycles. The lowest BCUT2D eigenvalue weighted by Crippen LogP contribution is -2.26. The van der Waals surface area contributed by atoms with Crippen molar-refractivity contribution in [2.75, 3.05) is 5.73 Å². The van der Waals surface area contributed by atoms with E-state index in [-0.39, 0.29) is 10.9 Å². The predicted molar refractivity (Wildman–Crippen MR) is 59.6 cm³/mol. The molecule has 15 heavy (non-hydrogen) atoms. The van der Waals surface area contributed by atoms with Crippen molar-refractivity contribution in [3.05, 3.63) is 45.5 Å². The third-order valence-electron chi connectivity index (χ3n) is 2.18. The molecule has 0 radical (unpaired) electrons. The average molecular weight is 203 g/mol. The Hall–Kier alpha value is -2.30. The van der Waals surface area contributed by atoms with Gasteiger partial charge >= 0.3 is 0 Å². The first kappa shape index (κ1) is 9.26. The molecular weight excluding hydrogens is 194 g/mol. The van der Waals surface area contributed by atoms with Crippen molar-refractivity contribution in [2.24, 2.45) is 0 Å². The lowest BCUT2D eigenvalue weighted by atomic mass is 10.1. The SMILES string of the molecule is C=Cn1[nH]c(=O)c2c(N)cccc2c1=O. The zero-order chi connectivity index (χ0) is 11.0. The Balaban J connectivity index is 3.14. The summed E-state index contributed by atoms with van der Waals surface area (Å²) in [6, 6.07) is 4.77. The Morgan fingerprint density at radius 3 is 2.80 bits per heavy atom. The van der Waals surface area contributed by atoms with Crippen LogP contribution in [0.4, 0.5) is 5.69 Å². The number of hydrogen-bond acceptors (Lipinski definition) is 3. The van der Waals surface area contributed by atoms with Gasteiger partial charge in [0.2, 0.25) is 0 Å². The second-order valence-corrected chi connectivity index (χ2v) is 3.07. The highest BCUT2D eigenvalue weighted by Gasteiger charge is 2.07. The molecule has 0 fully saturated rings. The van der Waals surface area contributed by atoms with Crippen molar-refractivity contribution in [1.82, 2.24) is 9.78 Å². The maximum atomic E-state index is 11.7. The normalized spacial score (nSPS) is 10.4. The van der Waals surface area contributed by atoms with Gasteiger partial charge in [-0.05, 0) is 12.1 Å². The van der Waals surface area contributed by atoms with Crippen molar-refractivity contribution < 1.29 is 0 Å². The summed E-state index contributed by atoms with van der Waals surface area (Å²) in [6.07, 6.45) is 1.24. The number of aromatic amines is 1. The molecule has 5 nitrogen and oxygen atoms in total. The molecule has 76 valence electrons. The van der Waals surface area contributed by atoms with Crippen LogP contribution in [0.3, 0.4) is 0 Å². The number of nitrogens with zero attached hydrogens (tertiary/aromatic N) is 1. The van der Waals surface area contributed by atoms with Crippen molar-refractivity contribution in [3.63, 3.8) is 0 Å². The minimum atomic E-state index is -0.400. The summed E-state index contributed by atoms with van der Waals surface area (Å²) in [5.74, 6) is 0. The van der Waals surface area contributed by atoms with Gasteiger partial charge in [0, 0.05) is 11.9 Å². The topological polar surface area (TPSA) is 80.9 Å². The van der Waals surface area contributed by atoms with E-state index < -0.39 is 5.56 Å². The molecule has 1 aromatic carbocycles. The van der Waals surface area contributed by atoms with E-state index >= 15 is 0 Å². The van der Waals surface area contributed by atoms with E-state index in [4.69, 9.17) is 5.73 Å². The molecule has 3 N–H and O–H groups in total. The summed E-state index contributed by atoms with van der Waals surface area (Å²) >= 11 is 0. The summed E-state index contributed by atoms with van der Waals surface area (Å²) in [4.78, 5) is 23.3. The fourth-order valence-corrected chi connectivity index (χ4v) is 1.48. The molecule has 0 aliphatic rings. The largest absolute Gasteiger partial charge is 0.398 e. The summed E-state index contributed by atoms with van der Waals surface area (Å²) in [7, 11) is 0. The molecule has 1 heterocycles. The summed E-state index contributed by atoms with van der Waals surface area (Å²) in [5, 5.41) is 2.87. The van der Waals surface area contributed by atoms with E-state index in [9.17, 15) is 9.59 Å². The number of aromatic nitrogens is 2. The monoisotopic (exact) mass is 203 g/mol. The molecule has 0 aliphatic carbocycles. The number of nitrogens with one attached hydrogen (secondary N) is 1. The lowest BCUT2D eigenvalue weighted by Gasteiger charge is -2.02. The molecule has 2 rings (SSSR count). The molecule has 0 unspecified atom stereocenters. The van der Waals surface area contributed by atoms with Crippen LogP contribution in [0.25, 0.3) is 17.0 Å². The van der Waals surface area contributed by atoms with Crippen LogP contribution in [-0.2, 0) is 0 Å². The molecule has 0 spiro atoms. The first-order chi connectivity index (χ1) is 7.15. The minimum absolute atomic E-state index is 0.223. The molecular formula is C10H9N3O2. The fraction of sp³-hybridized carbons (Fsp3) is 0. The number of fused-ring (bicyclic) bond motifs is 1. The molecule has 0 saturated heterocycles. The Kier molecular flexibility index (Phi) is 1.93. The summed E-state index contributed by atoms with van der Waals surface area (Å²) < 4.78 is 1.03. The highest BCUT2D eigenvalue weighted by Crippen LogP contribution is 2.12. The Bertz CT molecular complexity index is 652. The van der Waals surface area contributed by atoms with E-state index in [2.05, 4.69) is 11.7 Å². The van der Waals surface area contributed by atoms with Crippen LogP contribution in [0.15, 0.2) is 34.4 Å². The van der Waals surface area contributed by atoms with Crippen LogP contribution in [-0.4, -0.2) is 9.78 Å². The summed E-state index contributed by atoms with van der Waals surface area (Å²) in [6.45, 7) is 3.42. The number of rotatable bonds is 1. The average Bonchev–Trinajstić information content (AvgIpc) is 2.23. The number of nitrogen functional groups attached to an aromatic ring is 1. The van der Waals surface area contributed by atoms with Gasteiger partial charge in [0.05, 0.1) is 10.8 Å². The van der Waals surface area contributed by atoms with Crippen LogP contribution in [0.5, 0.6) is 0 Å². The zero-order valence-electron chi connectivity index (χ0n) is 7.86. The van der Waals surface area contributed by atoms with Gasteiger partial charge in [0.1, 0.15) is 0 Å². The van der Waals surface area contributed by atoms with Crippen LogP contribution < -0.4 is 16.9 Å². The molecule has 0 bridgehead atoms. The van der Waals surface area contributed by atoms with Gasteiger partial charge in [-0.15, -0.1) is 0 Å². The molecule has 0 aliphatic heterocycles. The van der Waals surface area contributed by atoms with Gasteiger partial charge in [0.15, 0.2) is 0 Å². The number of benzene rings is 1. The second kappa shape index (κ2) is 3.13. The third kappa shape index (κ3) is 1.25. The molecule has 5 heteroatoms. The van der Waals surface area contributed by atoms with Gasteiger partial charge in [0.25, 0.3) is 11.1 Å². The molecule has 2 aromatic rings. The minimum Gasteiger partial charge on any atom is -0.398 e. The van der Waals surface area contributed by atoms with Crippen molar-refractivity contribution in [1.29, 1.82) is 0 Å². The van der Waals surface area contributed by atoms with Crippen LogP contribution >= 0.6 is 0 Å². The fourth-order valence-electron chi connectivity index (χ4n) is 1.48.